The second-order valence-electron chi connectivity index (χ2n) is 7.75. The van der Waals surface area contributed by atoms with Crippen molar-refractivity contribution in [1.82, 2.24) is 16.0 Å². The van der Waals surface area contributed by atoms with Crippen LogP contribution in [-0.2, 0) is 9.47 Å². The molecular formula is C16H35IN4O3. The van der Waals surface area contributed by atoms with Gasteiger partial charge in [0.15, 0.2) is 5.96 Å². The molecule has 1 amide bonds. The summed E-state index contributed by atoms with van der Waals surface area (Å²) in [5.74, 6) is 0.647. The van der Waals surface area contributed by atoms with Crippen LogP contribution in [0.5, 0.6) is 0 Å². The summed E-state index contributed by atoms with van der Waals surface area (Å²) in [6.07, 6.45) is -0.437. The maximum absolute atomic E-state index is 11.9. The Balaban J connectivity index is 0. The Morgan fingerprint density at radius 2 is 1.50 bits per heavy atom. The van der Waals surface area contributed by atoms with Crippen LogP contribution in [0.1, 0.15) is 48.5 Å². The number of amides is 1. The molecule has 0 rings (SSSR count). The molecule has 0 fully saturated rings. The highest BCUT2D eigenvalue weighted by Gasteiger charge is 2.25. The third-order valence-electron chi connectivity index (χ3n) is 2.99. The molecule has 8 heteroatoms. The molecule has 0 aromatic heterocycles. The maximum atomic E-state index is 11.9. The first-order chi connectivity index (χ1) is 10.3. The lowest BCUT2D eigenvalue weighted by atomic mass is 10.1. The Hall–Kier alpha value is -0.770. The average molecular weight is 458 g/mol. The molecule has 0 heterocycles. The molecule has 3 N–H and O–H groups in total. The highest BCUT2D eigenvalue weighted by Crippen LogP contribution is 2.09. The minimum atomic E-state index is -0.517. The van der Waals surface area contributed by atoms with Gasteiger partial charge in [-0.05, 0) is 48.5 Å². The van der Waals surface area contributed by atoms with Crippen LogP contribution in [0.2, 0.25) is 0 Å². The van der Waals surface area contributed by atoms with Crippen molar-refractivity contribution in [1.29, 1.82) is 0 Å². The summed E-state index contributed by atoms with van der Waals surface area (Å²) in [4.78, 5) is 16.0. The average Bonchev–Trinajstić information content (AvgIpc) is 2.35. The van der Waals surface area contributed by atoms with Gasteiger partial charge in [-0.1, -0.05) is 0 Å². The standard InChI is InChI=1S/C16H34N4O3.HI/c1-14(2,3)23-13(21)20-15(4,5)10-18-12(17-8)19-11-16(6,7)22-9;/h10-11H2,1-9H3,(H,20,21)(H2,17,18,19);1H. The lowest BCUT2D eigenvalue weighted by Gasteiger charge is -2.30. The van der Waals surface area contributed by atoms with Gasteiger partial charge in [0, 0.05) is 27.2 Å². The monoisotopic (exact) mass is 458 g/mol. The largest absolute Gasteiger partial charge is 0.444 e. The summed E-state index contributed by atoms with van der Waals surface area (Å²) in [6.45, 7) is 14.4. The van der Waals surface area contributed by atoms with E-state index in [1.54, 1.807) is 14.2 Å². The summed E-state index contributed by atoms with van der Waals surface area (Å²) in [6, 6.07) is 0. The highest BCUT2D eigenvalue weighted by molar-refractivity contribution is 14.0. The molecule has 144 valence electrons. The second kappa shape index (κ2) is 10.3. The van der Waals surface area contributed by atoms with Gasteiger partial charge in [0.2, 0.25) is 0 Å². The molecule has 24 heavy (non-hydrogen) atoms. The van der Waals surface area contributed by atoms with E-state index in [-0.39, 0.29) is 29.6 Å². The zero-order valence-electron chi connectivity index (χ0n) is 16.5. The number of carbonyl (C=O) groups excluding carboxylic acids is 1. The molecule has 0 unspecified atom stereocenters. The summed E-state index contributed by atoms with van der Waals surface area (Å²) in [5, 5.41) is 9.23. The van der Waals surface area contributed by atoms with E-state index >= 15 is 0 Å². The predicted octanol–water partition coefficient (Wildman–Crippen LogP) is 2.50. The number of carbonyl (C=O) groups is 1. The molecule has 0 radical (unpaired) electrons. The van der Waals surface area contributed by atoms with E-state index in [0.29, 0.717) is 19.0 Å². The van der Waals surface area contributed by atoms with Crippen LogP contribution in [0.15, 0.2) is 4.99 Å². The SMILES string of the molecule is CN=C(NCC(C)(C)NC(=O)OC(C)(C)C)NCC(C)(C)OC.I. The van der Waals surface area contributed by atoms with Gasteiger partial charge in [0.1, 0.15) is 5.60 Å². The number of guanidine groups is 1. The van der Waals surface area contributed by atoms with Crippen LogP contribution < -0.4 is 16.0 Å². The maximum Gasteiger partial charge on any atom is 0.408 e. The lowest BCUT2D eigenvalue weighted by molar-refractivity contribution is 0.0268. The van der Waals surface area contributed by atoms with Gasteiger partial charge < -0.3 is 25.4 Å². The molecule has 0 saturated heterocycles. The van der Waals surface area contributed by atoms with Gasteiger partial charge in [-0.2, -0.15) is 0 Å². The number of nitrogens with zero attached hydrogens (tertiary/aromatic N) is 1. The number of nitrogens with one attached hydrogen (secondary N) is 3. The highest BCUT2D eigenvalue weighted by atomic mass is 127. The van der Waals surface area contributed by atoms with Crippen LogP contribution in [0.4, 0.5) is 4.79 Å². The summed E-state index contributed by atoms with van der Waals surface area (Å²) >= 11 is 0. The second-order valence-corrected chi connectivity index (χ2v) is 7.75. The van der Waals surface area contributed by atoms with Crippen molar-refractivity contribution in [3.05, 3.63) is 0 Å². The van der Waals surface area contributed by atoms with Crippen molar-refractivity contribution < 1.29 is 14.3 Å². The molecule has 0 aliphatic carbocycles. The van der Waals surface area contributed by atoms with Crippen molar-refractivity contribution in [2.45, 2.75) is 65.2 Å². The topological polar surface area (TPSA) is 84.0 Å². The Bertz CT molecular complexity index is 418. The molecule has 0 aliphatic rings. The van der Waals surface area contributed by atoms with Gasteiger partial charge in [0.05, 0.1) is 11.1 Å². The van der Waals surface area contributed by atoms with Gasteiger partial charge in [-0.25, -0.2) is 4.79 Å². The Morgan fingerprint density at radius 3 is 1.92 bits per heavy atom. The van der Waals surface area contributed by atoms with Gasteiger partial charge in [0.25, 0.3) is 0 Å². The molecule has 0 spiro atoms. The summed E-state index contributed by atoms with van der Waals surface area (Å²) < 4.78 is 10.6. The number of aliphatic imine (C=N–C) groups is 1. The van der Waals surface area contributed by atoms with Crippen LogP contribution >= 0.6 is 24.0 Å². The van der Waals surface area contributed by atoms with Crippen molar-refractivity contribution >= 4 is 36.0 Å². The fourth-order valence-corrected chi connectivity index (χ4v) is 1.52. The van der Waals surface area contributed by atoms with E-state index < -0.39 is 17.2 Å². The fraction of sp³-hybridized carbons (Fsp3) is 0.875. The molecule has 0 aromatic carbocycles. The van der Waals surface area contributed by atoms with Crippen LogP contribution in [0.3, 0.4) is 0 Å². The first-order valence-corrected chi connectivity index (χ1v) is 7.81. The fourth-order valence-electron chi connectivity index (χ4n) is 1.52. The molecule has 0 atom stereocenters. The quantitative estimate of drug-likeness (QED) is 0.324. The normalized spacial score (nSPS) is 13.0. The number of hydrogen-bond donors (Lipinski definition) is 3. The molecular weight excluding hydrogens is 423 g/mol. The molecule has 7 nitrogen and oxygen atoms in total. The molecule has 0 aliphatic heterocycles. The Labute approximate surface area is 163 Å². The molecule has 0 saturated carbocycles. The van der Waals surface area contributed by atoms with Crippen LogP contribution in [0, 0.1) is 0 Å². The zero-order valence-corrected chi connectivity index (χ0v) is 18.8. The van der Waals surface area contributed by atoms with E-state index in [4.69, 9.17) is 9.47 Å². The van der Waals surface area contributed by atoms with E-state index in [1.807, 2.05) is 48.5 Å². The minimum Gasteiger partial charge on any atom is -0.444 e. The van der Waals surface area contributed by atoms with Crippen LogP contribution in [-0.4, -0.2) is 56.0 Å². The molecule has 0 aromatic rings. The smallest absolute Gasteiger partial charge is 0.408 e. The first kappa shape index (κ1) is 25.5. The molecule has 0 bridgehead atoms. The van der Waals surface area contributed by atoms with E-state index in [2.05, 4.69) is 20.9 Å². The summed E-state index contributed by atoms with van der Waals surface area (Å²) in [5.41, 5.74) is -1.30. The number of halogens is 1. The zero-order chi connectivity index (χ0) is 18.3. The van der Waals surface area contributed by atoms with E-state index in [0.717, 1.165) is 0 Å². The predicted molar refractivity (Wildman–Crippen MR) is 109 cm³/mol. The Morgan fingerprint density at radius 1 is 1.00 bits per heavy atom. The van der Waals surface area contributed by atoms with E-state index in [9.17, 15) is 4.79 Å². The van der Waals surface area contributed by atoms with Crippen molar-refractivity contribution in [3.8, 4) is 0 Å². The van der Waals surface area contributed by atoms with Crippen molar-refractivity contribution in [2.75, 3.05) is 27.2 Å². The number of methoxy groups -OCH3 is 1. The van der Waals surface area contributed by atoms with Gasteiger partial charge >= 0.3 is 6.09 Å². The van der Waals surface area contributed by atoms with Crippen molar-refractivity contribution in [2.24, 2.45) is 4.99 Å². The third kappa shape index (κ3) is 12.6. The lowest BCUT2D eigenvalue weighted by Crippen LogP contribution is -2.55. The van der Waals surface area contributed by atoms with Gasteiger partial charge in [-0.3, -0.25) is 4.99 Å². The number of alkyl carbamates (subject to hydrolysis) is 1. The number of hydrogen-bond acceptors (Lipinski definition) is 4. The Kier molecular flexibility index (Phi) is 10.9. The van der Waals surface area contributed by atoms with E-state index in [1.165, 1.54) is 0 Å². The third-order valence-corrected chi connectivity index (χ3v) is 2.99. The number of rotatable bonds is 6. The first-order valence-electron chi connectivity index (χ1n) is 7.81. The van der Waals surface area contributed by atoms with Crippen LogP contribution in [0.25, 0.3) is 0 Å². The summed E-state index contributed by atoms with van der Waals surface area (Å²) in [7, 11) is 3.37. The van der Waals surface area contributed by atoms with Crippen molar-refractivity contribution in [3.63, 3.8) is 0 Å². The number of ether oxygens (including phenoxy) is 2. The van der Waals surface area contributed by atoms with Gasteiger partial charge in [-0.15, -0.1) is 24.0 Å². The minimum absolute atomic E-state index is 0.